The molecule has 1 aromatic heterocycles. The molecule has 25 heavy (non-hydrogen) atoms. The normalized spacial score (nSPS) is 18.7. The second-order valence-electron chi connectivity index (χ2n) is 6.25. The van der Waals surface area contributed by atoms with E-state index >= 15 is 0 Å². The molecule has 4 nitrogen and oxygen atoms in total. The van der Waals surface area contributed by atoms with E-state index in [1.165, 1.54) is 12.3 Å². The van der Waals surface area contributed by atoms with Crippen molar-refractivity contribution in [2.45, 2.75) is 32.7 Å². The van der Waals surface area contributed by atoms with E-state index in [4.69, 9.17) is 4.74 Å². The molecule has 0 bridgehead atoms. The van der Waals surface area contributed by atoms with E-state index in [1.54, 1.807) is 12.1 Å². The van der Waals surface area contributed by atoms with E-state index in [1.807, 2.05) is 0 Å². The quantitative estimate of drug-likeness (QED) is 0.817. The lowest BCUT2D eigenvalue weighted by Crippen LogP contribution is -2.25. The number of benzene rings is 1. The molecular formula is C19H20F2N2O2. The molecule has 0 unspecified atom stereocenters. The molecule has 6 heteroatoms. The van der Waals surface area contributed by atoms with Gasteiger partial charge in [0.2, 0.25) is 11.8 Å². The standard InChI is InChI=1S/C19H20F2N2O2/c1-2-4-12-9-15(12)18(24)23-11-13-5-3-8-22-19(13)25-17-7-6-14(20)10-16(17)21/h3,5-8,10,12,15H,2,4,9,11H2,1H3,(H,23,24)/t12-,15+/m1/s1. The fourth-order valence-electron chi connectivity index (χ4n) is 2.88. The van der Waals surface area contributed by atoms with E-state index in [0.717, 1.165) is 31.4 Å². The van der Waals surface area contributed by atoms with Gasteiger partial charge in [-0.05, 0) is 37.0 Å². The van der Waals surface area contributed by atoms with Crippen LogP contribution in [0, 0.1) is 23.5 Å². The van der Waals surface area contributed by atoms with E-state index < -0.39 is 11.6 Å². The summed E-state index contributed by atoms with van der Waals surface area (Å²) in [5.74, 6) is -0.794. The minimum Gasteiger partial charge on any atom is -0.436 e. The molecule has 0 aliphatic heterocycles. The van der Waals surface area contributed by atoms with Crippen molar-refractivity contribution in [2.75, 3.05) is 0 Å². The van der Waals surface area contributed by atoms with Crippen LogP contribution in [0.2, 0.25) is 0 Å². The van der Waals surface area contributed by atoms with Crippen molar-refractivity contribution in [1.29, 1.82) is 0 Å². The predicted molar refractivity (Wildman–Crippen MR) is 89.0 cm³/mol. The first-order valence-electron chi connectivity index (χ1n) is 8.43. The van der Waals surface area contributed by atoms with Crippen molar-refractivity contribution in [3.63, 3.8) is 0 Å². The Morgan fingerprint density at radius 2 is 2.20 bits per heavy atom. The molecule has 3 rings (SSSR count). The molecule has 0 spiro atoms. The summed E-state index contributed by atoms with van der Waals surface area (Å²) in [4.78, 5) is 16.2. The molecule has 1 aliphatic carbocycles. The monoisotopic (exact) mass is 346 g/mol. The van der Waals surface area contributed by atoms with Crippen LogP contribution in [0.15, 0.2) is 36.5 Å². The first kappa shape index (κ1) is 17.3. The number of nitrogens with one attached hydrogen (secondary N) is 1. The number of nitrogens with zero attached hydrogens (tertiary/aromatic N) is 1. The zero-order chi connectivity index (χ0) is 17.8. The molecule has 1 aromatic carbocycles. The van der Waals surface area contributed by atoms with Crippen LogP contribution < -0.4 is 10.1 Å². The molecule has 1 aliphatic rings. The molecule has 1 heterocycles. The third kappa shape index (κ3) is 4.32. The van der Waals surface area contributed by atoms with Gasteiger partial charge in [0.05, 0.1) is 0 Å². The largest absolute Gasteiger partial charge is 0.436 e. The lowest BCUT2D eigenvalue weighted by Gasteiger charge is -2.11. The van der Waals surface area contributed by atoms with Gasteiger partial charge in [0.1, 0.15) is 5.82 Å². The Labute approximate surface area is 145 Å². The fourth-order valence-corrected chi connectivity index (χ4v) is 2.88. The number of hydrogen-bond acceptors (Lipinski definition) is 3. The van der Waals surface area contributed by atoms with Crippen LogP contribution in [0.1, 0.15) is 31.7 Å². The van der Waals surface area contributed by atoms with Crippen LogP contribution in [0.4, 0.5) is 8.78 Å². The summed E-state index contributed by atoms with van der Waals surface area (Å²) >= 11 is 0. The molecule has 2 aromatic rings. The number of amides is 1. The van der Waals surface area contributed by atoms with Gasteiger partial charge in [0.15, 0.2) is 11.6 Å². The van der Waals surface area contributed by atoms with Gasteiger partial charge in [-0.1, -0.05) is 19.4 Å². The van der Waals surface area contributed by atoms with E-state index in [9.17, 15) is 13.6 Å². The summed E-state index contributed by atoms with van der Waals surface area (Å²) in [5.41, 5.74) is 0.632. The Hall–Kier alpha value is -2.50. The maximum absolute atomic E-state index is 13.7. The van der Waals surface area contributed by atoms with Crippen molar-refractivity contribution < 1.29 is 18.3 Å². The summed E-state index contributed by atoms with van der Waals surface area (Å²) in [5, 5.41) is 2.89. The Bertz CT molecular complexity index is 767. The molecule has 1 saturated carbocycles. The minimum absolute atomic E-state index is 0.0289. The zero-order valence-corrected chi connectivity index (χ0v) is 14.0. The highest BCUT2D eigenvalue weighted by Gasteiger charge is 2.41. The van der Waals surface area contributed by atoms with Crippen LogP contribution in [-0.2, 0) is 11.3 Å². The van der Waals surface area contributed by atoms with E-state index in [2.05, 4.69) is 17.2 Å². The summed E-state index contributed by atoms with van der Waals surface area (Å²) < 4.78 is 32.2. The maximum Gasteiger partial charge on any atom is 0.224 e. The van der Waals surface area contributed by atoms with Crippen LogP contribution in [0.3, 0.4) is 0 Å². The van der Waals surface area contributed by atoms with Gasteiger partial charge < -0.3 is 10.1 Å². The van der Waals surface area contributed by atoms with Crippen molar-refractivity contribution in [2.24, 2.45) is 11.8 Å². The van der Waals surface area contributed by atoms with Crippen LogP contribution in [-0.4, -0.2) is 10.9 Å². The van der Waals surface area contributed by atoms with Crippen molar-refractivity contribution in [3.8, 4) is 11.6 Å². The molecule has 132 valence electrons. The highest BCUT2D eigenvalue weighted by Crippen LogP contribution is 2.42. The molecule has 1 fully saturated rings. The average molecular weight is 346 g/mol. The number of ether oxygens (including phenoxy) is 1. The third-order valence-corrected chi connectivity index (χ3v) is 4.32. The highest BCUT2D eigenvalue weighted by atomic mass is 19.1. The molecule has 1 N–H and O–H groups in total. The van der Waals surface area contributed by atoms with Gasteiger partial charge in [-0.25, -0.2) is 13.8 Å². The van der Waals surface area contributed by atoms with Crippen molar-refractivity contribution in [1.82, 2.24) is 10.3 Å². The molecule has 1 amide bonds. The second kappa shape index (κ2) is 7.59. The van der Waals surface area contributed by atoms with Crippen LogP contribution in [0.25, 0.3) is 0 Å². The van der Waals surface area contributed by atoms with E-state index in [0.29, 0.717) is 11.5 Å². The Balaban J connectivity index is 1.64. The maximum atomic E-state index is 13.7. The number of pyridine rings is 1. The first-order chi connectivity index (χ1) is 12.1. The topological polar surface area (TPSA) is 51.2 Å². The summed E-state index contributed by atoms with van der Waals surface area (Å²) in [6.07, 6.45) is 4.61. The molecule has 0 saturated heterocycles. The minimum atomic E-state index is -0.805. The molecular weight excluding hydrogens is 326 g/mol. The first-order valence-corrected chi connectivity index (χ1v) is 8.43. The Morgan fingerprint density at radius 3 is 2.96 bits per heavy atom. The molecule has 0 radical (unpaired) electrons. The number of hydrogen-bond donors (Lipinski definition) is 1. The number of halogens is 2. The van der Waals surface area contributed by atoms with Crippen molar-refractivity contribution >= 4 is 5.91 Å². The third-order valence-electron chi connectivity index (χ3n) is 4.32. The van der Waals surface area contributed by atoms with Gasteiger partial charge in [-0.3, -0.25) is 4.79 Å². The average Bonchev–Trinajstić information content (AvgIpc) is 3.36. The van der Waals surface area contributed by atoms with Gasteiger partial charge in [0.25, 0.3) is 0 Å². The van der Waals surface area contributed by atoms with E-state index in [-0.39, 0.29) is 30.0 Å². The van der Waals surface area contributed by atoms with Gasteiger partial charge >= 0.3 is 0 Å². The Kier molecular flexibility index (Phi) is 5.26. The summed E-state index contributed by atoms with van der Waals surface area (Å²) in [6.45, 7) is 2.36. The highest BCUT2D eigenvalue weighted by molar-refractivity contribution is 5.81. The lowest BCUT2D eigenvalue weighted by molar-refractivity contribution is -0.122. The smallest absolute Gasteiger partial charge is 0.224 e. The number of rotatable bonds is 7. The predicted octanol–water partition coefficient (Wildman–Crippen LogP) is 4.20. The summed E-state index contributed by atoms with van der Waals surface area (Å²) in [6, 6.07) is 6.54. The number of aromatic nitrogens is 1. The fraction of sp³-hybridized carbons (Fsp3) is 0.368. The van der Waals surface area contributed by atoms with Gasteiger partial charge in [-0.2, -0.15) is 0 Å². The van der Waals surface area contributed by atoms with Gasteiger partial charge in [-0.15, -0.1) is 0 Å². The Morgan fingerprint density at radius 1 is 1.36 bits per heavy atom. The number of carbonyl (C=O) groups excluding carboxylic acids is 1. The second-order valence-corrected chi connectivity index (χ2v) is 6.25. The number of carbonyl (C=O) groups is 1. The SMILES string of the molecule is CCC[C@@H]1C[C@@H]1C(=O)NCc1cccnc1Oc1ccc(F)cc1F. The lowest BCUT2D eigenvalue weighted by atomic mass is 10.2. The summed E-state index contributed by atoms with van der Waals surface area (Å²) in [7, 11) is 0. The van der Waals surface area contributed by atoms with Crippen LogP contribution in [0.5, 0.6) is 11.6 Å². The van der Waals surface area contributed by atoms with Crippen LogP contribution >= 0.6 is 0 Å². The zero-order valence-electron chi connectivity index (χ0n) is 14.0. The van der Waals surface area contributed by atoms with Gasteiger partial charge in [0, 0.05) is 30.3 Å². The molecule has 2 atom stereocenters. The van der Waals surface area contributed by atoms with Crippen molar-refractivity contribution in [3.05, 3.63) is 53.7 Å².